The first-order valence-electron chi connectivity index (χ1n) is 11.2. The molecule has 1 saturated heterocycles. The first-order valence-corrected chi connectivity index (χ1v) is 13.0. The number of hydrogen-bond donors (Lipinski definition) is 1. The number of nitrogens with zero attached hydrogens (tertiary/aromatic N) is 4. The summed E-state index contributed by atoms with van der Waals surface area (Å²) in [6.45, 7) is 4.99. The van der Waals surface area contributed by atoms with Gasteiger partial charge in [0.15, 0.2) is 5.69 Å². The molecule has 14 heteroatoms. The van der Waals surface area contributed by atoms with Crippen LogP contribution in [0, 0.1) is 0 Å². The van der Waals surface area contributed by atoms with Crippen LogP contribution < -0.4 is 15.9 Å². The molecule has 2 atom stereocenters. The van der Waals surface area contributed by atoms with Crippen LogP contribution in [0.15, 0.2) is 21.8 Å². The highest BCUT2D eigenvalue weighted by atomic mass is 32.2. The highest BCUT2D eigenvalue weighted by molar-refractivity contribution is 7.99. The van der Waals surface area contributed by atoms with E-state index < -0.39 is 29.3 Å². The van der Waals surface area contributed by atoms with Crippen LogP contribution in [0.2, 0.25) is 0 Å². The lowest BCUT2D eigenvalue weighted by atomic mass is 10.0. The molecular weight excluding hydrogens is 528 g/mol. The number of benzene rings is 1. The van der Waals surface area contributed by atoms with Crippen LogP contribution in [0.1, 0.15) is 31.5 Å². The van der Waals surface area contributed by atoms with Gasteiger partial charge >= 0.3 is 18.0 Å². The summed E-state index contributed by atoms with van der Waals surface area (Å²) in [5.41, 5.74) is -3.01. The van der Waals surface area contributed by atoms with Crippen LogP contribution in [0.4, 0.5) is 32.2 Å². The summed E-state index contributed by atoms with van der Waals surface area (Å²) in [4.78, 5) is 19.0. The van der Waals surface area contributed by atoms with Crippen molar-refractivity contribution in [3.8, 4) is 10.4 Å². The molecule has 1 aromatic carbocycles. The standard InChI is InChI=1S/C22H21F6N5OS2/c1-10-8-32(9-11(2)29-10)19-12-6-13(21(23,24)25)16(14-7-15(31-36-14)22(26,27)28)18-17(12)33(20(34)30-19)4-3-5-35-18/h6-7,10-11,29H,3-5,8-9H2,1-2H3. The van der Waals surface area contributed by atoms with E-state index in [-0.39, 0.29) is 50.7 Å². The van der Waals surface area contributed by atoms with Gasteiger partial charge in [-0.15, -0.1) is 11.8 Å². The molecule has 5 rings (SSSR count). The van der Waals surface area contributed by atoms with Gasteiger partial charge in [0.1, 0.15) is 5.82 Å². The number of hydrogen-bond acceptors (Lipinski definition) is 7. The van der Waals surface area contributed by atoms with Gasteiger partial charge in [-0.1, -0.05) is 0 Å². The Bertz CT molecular complexity index is 1370. The fourth-order valence-corrected chi connectivity index (χ4v) is 6.96. The highest BCUT2D eigenvalue weighted by Crippen LogP contribution is 2.49. The summed E-state index contributed by atoms with van der Waals surface area (Å²) in [5.74, 6) is 0.555. The molecule has 1 N–H and O–H groups in total. The van der Waals surface area contributed by atoms with E-state index >= 15 is 0 Å². The van der Waals surface area contributed by atoms with E-state index in [1.165, 1.54) is 4.57 Å². The monoisotopic (exact) mass is 549 g/mol. The van der Waals surface area contributed by atoms with E-state index in [9.17, 15) is 31.1 Å². The largest absolute Gasteiger partial charge is 0.434 e. The quantitative estimate of drug-likeness (QED) is 0.442. The molecule has 3 aromatic rings. The number of anilines is 1. The summed E-state index contributed by atoms with van der Waals surface area (Å²) in [6.07, 6.45) is -9.16. The van der Waals surface area contributed by atoms with Gasteiger partial charge in [0.05, 0.1) is 16.0 Å². The van der Waals surface area contributed by atoms with Gasteiger partial charge < -0.3 is 10.2 Å². The van der Waals surface area contributed by atoms with Crippen LogP contribution in [0.25, 0.3) is 21.3 Å². The lowest BCUT2D eigenvalue weighted by Crippen LogP contribution is -2.55. The molecule has 0 radical (unpaired) electrons. The molecule has 36 heavy (non-hydrogen) atoms. The van der Waals surface area contributed by atoms with Crippen molar-refractivity contribution in [1.29, 1.82) is 0 Å². The van der Waals surface area contributed by atoms with Gasteiger partial charge in [0, 0.05) is 47.6 Å². The second-order valence-corrected chi connectivity index (χ2v) is 11.0. The van der Waals surface area contributed by atoms with Gasteiger partial charge in [-0.05, 0) is 49.7 Å². The van der Waals surface area contributed by atoms with Crippen LogP contribution in [-0.4, -0.2) is 44.9 Å². The number of nitrogens with one attached hydrogen (secondary N) is 1. The molecular formula is C22H21F6N5OS2. The summed E-state index contributed by atoms with van der Waals surface area (Å²) in [6, 6.07) is 1.60. The minimum absolute atomic E-state index is 0.0110. The second-order valence-electron chi connectivity index (χ2n) is 9.04. The zero-order valence-corrected chi connectivity index (χ0v) is 20.8. The number of thioether (sulfide) groups is 1. The topological polar surface area (TPSA) is 63.1 Å². The molecule has 2 aromatic heterocycles. The predicted molar refractivity (Wildman–Crippen MR) is 127 cm³/mol. The predicted octanol–water partition coefficient (Wildman–Crippen LogP) is 5.24. The molecule has 2 aliphatic rings. The molecule has 6 nitrogen and oxygen atoms in total. The Hall–Kier alpha value is -2.32. The summed E-state index contributed by atoms with van der Waals surface area (Å²) in [5, 5.41) is 3.51. The van der Waals surface area contributed by atoms with E-state index in [0.717, 1.165) is 17.8 Å². The van der Waals surface area contributed by atoms with Gasteiger partial charge in [-0.3, -0.25) is 4.57 Å². The Morgan fingerprint density at radius 3 is 2.36 bits per heavy atom. The zero-order valence-electron chi connectivity index (χ0n) is 19.1. The number of aryl methyl sites for hydroxylation is 1. The van der Waals surface area contributed by atoms with Crippen molar-refractivity contribution >= 4 is 40.0 Å². The lowest BCUT2D eigenvalue weighted by molar-refractivity contribution is -0.140. The highest BCUT2D eigenvalue weighted by Gasteiger charge is 2.40. The van der Waals surface area contributed by atoms with E-state index in [1.54, 1.807) is 4.90 Å². The normalized spacial score (nSPS) is 21.2. The van der Waals surface area contributed by atoms with Crippen molar-refractivity contribution in [2.45, 2.75) is 56.1 Å². The average Bonchev–Trinajstić information content (AvgIpc) is 3.15. The number of halogens is 6. The zero-order chi connectivity index (χ0) is 26.0. The maximum Gasteiger partial charge on any atom is 0.434 e. The van der Waals surface area contributed by atoms with Crippen molar-refractivity contribution in [3.63, 3.8) is 0 Å². The number of aromatic nitrogens is 3. The van der Waals surface area contributed by atoms with Crippen molar-refractivity contribution in [3.05, 3.63) is 33.9 Å². The van der Waals surface area contributed by atoms with Crippen molar-refractivity contribution in [1.82, 2.24) is 19.2 Å². The Balaban J connectivity index is 1.86. The SMILES string of the molecule is CC1CN(c2nc(=O)n3c4c(c(-c5cc(C(F)(F)F)ns5)c(C(F)(F)F)cc24)SCCC3)CC(C)N1. The first kappa shape index (κ1) is 25.3. The summed E-state index contributed by atoms with van der Waals surface area (Å²) >= 11 is 1.48. The molecule has 2 unspecified atom stereocenters. The fourth-order valence-electron chi connectivity index (χ4n) is 4.87. The minimum atomic E-state index is -4.86. The maximum absolute atomic E-state index is 14.5. The van der Waals surface area contributed by atoms with Crippen LogP contribution >= 0.6 is 23.3 Å². The minimum Gasteiger partial charge on any atom is -0.353 e. The van der Waals surface area contributed by atoms with Gasteiger partial charge in [-0.2, -0.15) is 35.7 Å². The summed E-state index contributed by atoms with van der Waals surface area (Å²) < 4.78 is 87.9. The third kappa shape index (κ3) is 4.47. The van der Waals surface area contributed by atoms with E-state index in [0.29, 0.717) is 42.9 Å². The average molecular weight is 550 g/mol. The van der Waals surface area contributed by atoms with Crippen LogP contribution in [-0.2, 0) is 18.9 Å². The number of piperazine rings is 1. The number of alkyl halides is 6. The fraction of sp³-hybridized carbons (Fsp3) is 0.500. The first-order chi connectivity index (χ1) is 16.8. The summed E-state index contributed by atoms with van der Waals surface area (Å²) in [7, 11) is 0. The molecule has 0 saturated carbocycles. The molecule has 0 amide bonds. The van der Waals surface area contributed by atoms with E-state index in [4.69, 9.17) is 0 Å². The lowest BCUT2D eigenvalue weighted by Gasteiger charge is -2.37. The number of rotatable bonds is 2. The molecule has 0 spiro atoms. The second kappa shape index (κ2) is 8.91. The van der Waals surface area contributed by atoms with Crippen LogP contribution in [0.5, 0.6) is 0 Å². The Morgan fingerprint density at radius 2 is 1.75 bits per heavy atom. The molecule has 2 aliphatic heterocycles. The Labute approximate surface area is 209 Å². The van der Waals surface area contributed by atoms with Gasteiger partial charge in [-0.25, -0.2) is 4.79 Å². The van der Waals surface area contributed by atoms with Gasteiger partial charge in [0.25, 0.3) is 0 Å². The van der Waals surface area contributed by atoms with E-state index in [2.05, 4.69) is 14.7 Å². The van der Waals surface area contributed by atoms with Crippen molar-refractivity contribution in [2.75, 3.05) is 23.7 Å². The van der Waals surface area contributed by atoms with Crippen molar-refractivity contribution in [2.24, 2.45) is 0 Å². The maximum atomic E-state index is 14.5. The molecule has 0 bridgehead atoms. The van der Waals surface area contributed by atoms with Crippen molar-refractivity contribution < 1.29 is 26.3 Å². The third-order valence-corrected chi connectivity index (χ3v) is 8.17. The molecule has 194 valence electrons. The molecule has 1 fully saturated rings. The smallest absolute Gasteiger partial charge is 0.353 e. The Kier molecular flexibility index (Phi) is 6.27. The Morgan fingerprint density at radius 1 is 1.06 bits per heavy atom. The molecule has 0 aliphatic carbocycles. The van der Waals surface area contributed by atoms with Crippen LogP contribution in [0.3, 0.4) is 0 Å². The molecule has 4 heterocycles. The third-order valence-electron chi connectivity index (χ3n) is 6.18. The van der Waals surface area contributed by atoms with Gasteiger partial charge in [0.2, 0.25) is 0 Å². The van der Waals surface area contributed by atoms with E-state index in [1.807, 2.05) is 13.8 Å².